The third-order valence-corrected chi connectivity index (χ3v) is 3.74. The molecule has 6 heteroatoms. The number of nitrogens with one attached hydrogen (secondary N) is 1. The van der Waals surface area contributed by atoms with Gasteiger partial charge < -0.3 is 0 Å². The first-order valence-electron chi connectivity index (χ1n) is 7.87. The number of hydrogen-bond donors (Lipinski definition) is 1. The predicted octanol–water partition coefficient (Wildman–Crippen LogP) is 4.03. The van der Waals surface area contributed by atoms with E-state index in [2.05, 4.69) is 10.5 Å². The fourth-order valence-corrected chi connectivity index (χ4v) is 2.44. The zero-order valence-corrected chi connectivity index (χ0v) is 13.7. The van der Waals surface area contributed by atoms with Gasteiger partial charge in [-0.3, -0.25) is 14.9 Å². The second kappa shape index (κ2) is 7.85. The van der Waals surface area contributed by atoms with E-state index in [1.165, 1.54) is 24.4 Å². The van der Waals surface area contributed by atoms with Gasteiger partial charge in [0.05, 0.1) is 11.1 Å². The molecule has 3 rings (SSSR count). The van der Waals surface area contributed by atoms with Crippen molar-refractivity contribution in [1.29, 1.82) is 0 Å². The van der Waals surface area contributed by atoms with Crippen LogP contribution in [0.5, 0.6) is 0 Å². The molecule has 1 N–H and O–H groups in total. The lowest BCUT2D eigenvalue weighted by molar-refractivity contribution is -0.385. The second-order valence-electron chi connectivity index (χ2n) is 5.46. The Morgan fingerprint density at radius 2 is 1.50 bits per heavy atom. The smallest absolute Gasteiger partial charge is 0.267 e. The number of para-hydroxylation sites is 1. The molecule has 0 aliphatic rings. The summed E-state index contributed by atoms with van der Waals surface area (Å²) in [6, 6.07) is 23.4. The molecule has 3 aromatic rings. The lowest BCUT2D eigenvalue weighted by Gasteiger charge is -2.02. The maximum Gasteiger partial charge on any atom is 0.282 e. The summed E-state index contributed by atoms with van der Waals surface area (Å²) in [7, 11) is 0. The Labute approximate surface area is 150 Å². The van der Waals surface area contributed by atoms with Gasteiger partial charge in [0.1, 0.15) is 5.56 Å². The molecular formula is C20H15N3O3. The highest BCUT2D eigenvalue weighted by molar-refractivity contribution is 5.98. The van der Waals surface area contributed by atoms with Gasteiger partial charge >= 0.3 is 0 Å². The van der Waals surface area contributed by atoms with Gasteiger partial charge in [-0.2, -0.15) is 5.10 Å². The number of hydrazone groups is 1. The Hall–Kier alpha value is -3.80. The lowest BCUT2D eigenvalue weighted by Crippen LogP contribution is -2.18. The Morgan fingerprint density at radius 3 is 2.19 bits per heavy atom. The van der Waals surface area contributed by atoms with E-state index in [1.807, 2.05) is 54.6 Å². The molecular weight excluding hydrogens is 330 g/mol. The van der Waals surface area contributed by atoms with E-state index in [0.717, 1.165) is 16.7 Å². The van der Waals surface area contributed by atoms with Crippen molar-refractivity contribution in [2.45, 2.75) is 0 Å². The molecule has 1 amide bonds. The molecule has 0 unspecified atom stereocenters. The number of carbonyl (C=O) groups is 1. The van der Waals surface area contributed by atoms with E-state index in [4.69, 9.17) is 0 Å². The number of nitro benzene ring substituents is 1. The van der Waals surface area contributed by atoms with Gasteiger partial charge in [-0.25, -0.2) is 5.43 Å². The number of amides is 1. The van der Waals surface area contributed by atoms with Gasteiger partial charge in [0.15, 0.2) is 0 Å². The third-order valence-electron chi connectivity index (χ3n) is 3.74. The maximum absolute atomic E-state index is 12.1. The van der Waals surface area contributed by atoms with Crippen LogP contribution < -0.4 is 5.43 Å². The lowest BCUT2D eigenvalue weighted by atomic mass is 10.0. The fraction of sp³-hybridized carbons (Fsp3) is 0. The zero-order chi connectivity index (χ0) is 18.4. The summed E-state index contributed by atoms with van der Waals surface area (Å²) in [5, 5.41) is 14.8. The van der Waals surface area contributed by atoms with Gasteiger partial charge in [0.25, 0.3) is 11.6 Å². The molecule has 0 aliphatic heterocycles. The van der Waals surface area contributed by atoms with E-state index >= 15 is 0 Å². The SMILES string of the molecule is O=C(NN=Cc1ccc(-c2ccccc2)cc1)c1ccccc1[N+](=O)[O-]. The van der Waals surface area contributed by atoms with E-state index in [-0.39, 0.29) is 11.3 Å². The van der Waals surface area contributed by atoms with E-state index < -0.39 is 10.8 Å². The van der Waals surface area contributed by atoms with Crippen molar-refractivity contribution in [1.82, 2.24) is 5.43 Å². The minimum atomic E-state index is -0.630. The largest absolute Gasteiger partial charge is 0.282 e. The highest BCUT2D eigenvalue weighted by atomic mass is 16.6. The van der Waals surface area contributed by atoms with Gasteiger partial charge in [0, 0.05) is 6.07 Å². The van der Waals surface area contributed by atoms with E-state index in [9.17, 15) is 14.9 Å². The number of nitrogens with zero attached hydrogens (tertiary/aromatic N) is 2. The van der Waals surface area contributed by atoms with Crippen LogP contribution in [0.25, 0.3) is 11.1 Å². The second-order valence-corrected chi connectivity index (χ2v) is 5.46. The highest BCUT2D eigenvalue weighted by Crippen LogP contribution is 2.19. The van der Waals surface area contributed by atoms with Crippen molar-refractivity contribution in [3.05, 3.63) is 100 Å². The quantitative estimate of drug-likeness (QED) is 0.430. The Balaban J connectivity index is 1.67. The van der Waals surface area contributed by atoms with Crippen LogP contribution in [0.1, 0.15) is 15.9 Å². The van der Waals surface area contributed by atoms with Crippen LogP contribution in [0, 0.1) is 10.1 Å². The van der Waals surface area contributed by atoms with Crippen LogP contribution in [0.2, 0.25) is 0 Å². The van der Waals surface area contributed by atoms with Gasteiger partial charge in [0.2, 0.25) is 0 Å². The summed E-state index contributed by atoms with van der Waals surface area (Å²) in [5.41, 5.74) is 5.01. The molecule has 0 heterocycles. The number of rotatable bonds is 5. The fourth-order valence-electron chi connectivity index (χ4n) is 2.44. The predicted molar refractivity (Wildman–Crippen MR) is 100 cm³/mol. The molecule has 0 aromatic heterocycles. The first-order chi connectivity index (χ1) is 12.6. The molecule has 0 radical (unpaired) electrons. The number of hydrogen-bond acceptors (Lipinski definition) is 4. The molecule has 0 bridgehead atoms. The van der Waals surface area contributed by atoms with Crippen molar-refractivity contribution in [3.8, 4) is 11.1 Å². The Kier molecular flexibility index (Phi) is 5.14. The summed E-state index contributed by atoms with van der Waals surface area (Å²) in [6.45, 7) is 0. The topological polar surface area (TPSA) is 84.6 Å². The van der Waals surface area contributed by atoms with Crippen LogP contribution >= 0.6 is 0 Å². The van der Waals surface area contributed by atoms with Crippen molar-refractivity contribution < 1.29 is 9.72 Å². The number of carbonyl (C=O) groups excluding carboxylic acids is 1. The molecule has 26 heavy (non-hydrogen) atoms. The molecule has 0 fully saturated rings. The molecule has 3 aromatic carbocycles. The van der Waals surface area contributed by atoms with Gasteiger partial charge in [-0.05, 0) is 22.8 Å². The molecule has 0 atom stereocenters. The summed E-state index contributed by atoms with van der Waals surface area (Å²) >= 11 is 0. The summed E-state index contributed by atoms with van der Waals surface area (Å²) in [6.07, 6.45) is 1.49. The Bertz CT molecular complexity index is 952. The van der Waals surface area contributed by atoms with Crippen LogP contribution in [0.4, 0.5) is 5.69 Å². The van der Waals surface area contributed by atoms with Gasteiger partial charge in [-0.1, -0.05) is 66.7 Å². The maximum atomic E-state index is 12.1. The molecule has 128 valence electrons. The average molecular weight is 345 g/mol. The van der Waals surface area contributed by atoms with E-state index in [0.29, 0.717) is 0 Å². The Morgan fingerprint density at radius 1 is 0.885 bits per heavy atom. The van der Waals surface area contributed by atoms with Crippen molar-refractivity contribution in [3.63, 3.8) is 0 Å². The summed E-state index contributed by atoms with van der Waals surface area (Å²) < 4.78 is 0. The van der Waals surface area contributed by atoms with Crippen molar-refractivity contribution in [2.75, 3.05) is 0 Å². The summed E-state index contributed by atoms with van der Waals surface area (Å²) in [4.78, 5) is 22.4. The highest BCUT2D eigenvalue weighted by Gasteiger charge is 2.18. The van der Waals surface area contributed by atoms with Crippen molar-refractivity contribution >= 4 is 17.8 Å². The monoisotopic (exact) mass is 345 g/mol. The zero-order valence-electron chi connectivity index (χ0n) is 13.7. The first-order valence-corrected chi connectivity index (χ1v) is 7.87. The average Bonchev–Trinajstić information content (AvgIpc) is 2.69. The van der Waals surface area contributed by atoms with Crippen LogP contribution in [-0.4, -0.2) is 17.0 Å². The molecule has 0 saturated carbocycles. The molecule has 6 nitrogen and oxygen atoms in total. The minimum absolute atomic E-state index is 0.0333. The van der Waals surface area contributed by atoms with Gasteiger partial charge in [-0.15, -0.1) is 0 Å². The number of nitro groups is 1. The van der Waals surface area contributed by atoms with Crippen LogP contribution in [0.15, 0.2) is 84.0 Å². The van der Waals surface area contributed by atoms with Crippen LogP contribution in [0.3, 0.4) is 0 Å². The first kappa shape index (κ1) is 17.0. The normalized spacial score (nSPS) is 10.6. The third kappa shape index (κ3) is 3.99. The van der Waals surface area contributed by atoms with E-state index in [1.54, 1.807) is 6.07 Å². The standard InChI is InChI=1S/C20H15N3O3/c24-20(18-8-4-5-9-19(18)23(25)26)22-21-14-15-10-12-17(13-11-15)16-6-2-1-3-7-16/h1-14H,(H,22,24). The number of benzene rings is 3. The van der Waals surface area contributed by atoms with Crippen LogP contribution in [-0.2, 0) is 0 Å². The molecule has 0 aliphatic carbocycles. The minimum Gasteiger partial charge on any atom is -0.267 e. The molecule has 0 spiro atoms. The molecule has 0 saturated heterocycles. The van der Waals surface area contributed by atoms with Crippen molar-refractivity contribution in [2.24, 2.45) is 5.10 Å². The summed E-state index contributed by atoms with van der Waals surface area (Å²) in [5.74, 6) is -0.630.